The summed E-state index contributed by atoms with van der Waals surface area (Å²) in [6.45, 7) is 6.73. The van der Waals surface area contributed by atoms with Gasteiger partial charge in [0.2, 0.25) is 0 Å². The van der Waals surface area contributed by atoms with E-state index in [1.807, 2.05) is 0 Å². The van der Waals surface area contributed by atoms with Crippen molar-refractivity contribution in [3.63, 3.8) is 0 Å². The molecular formula is C13H24N2O. The van der Waals surface area contributed by atoms with E-state index < -0.39 is 0 Å². The van der Waals surface area contributed by atoms with Crippen molar-refractivity contribution in [2.45, 2.75) is 52.0 Å². The van der Waals surface area contributed by atoms with Crippen LogP contribution in [0.5, 0.6) is 0 Å². The van der Waals surface area contributed by atoms with Gasteiger partial charge in [-0.1, -0.05) is 19.0 Å². The smallest absolute Gasteiger partial charge is 0.0775 e. The first-order chi connectivity index (χ1) is 7.81. The molecule has 0 aromatic rings. The molecule has 92 valence electrons. The van der Waals surface area contributed by atoms with E-state index in [9.17, 15) is 5.21 Å². The van der Waals surface area contributed by atoms with Crippen LogP contribution in [0.1, 0.15) is 46.0 Å². The third-order valence-electron chi connectivity index (χ3n) is 4.17. The van der Waals surface area contributed by atoms with Crippen LogP contribution in [-0.2, 0) is 0 Å². The van der Waals surface area contributed by atoms with Gasteiger partial charge in [-0.25, -0.2) is 0 Å². The molecule has 3 heteroatoms. The molecule has 0 aromatic carbocycles. The topological polar surface area (TPSA) is 35.8 Å². The van der Waals surface area contributed by atoms with Gasteiger partial charge in [-0.2, -0.15) is 0 Å². The summed E-state index contributed by atoms with van der Waals surface area (Å²) >= 11 is 0. The Kier molecular flexibility index (Phi) is 3.85. The van der Waals surface area contributed by atoms with Crippen LogP contribution in [0, 0.1) is 11.8 Å². The van der Waals surface area contributed by atoms with Crippen LogP contribution < -0.4 is 0 Å². The maximum atomic E-state index is 9.21. The zero-order chi connectivity index (χ0) is 11.5. The molecule has 3 unspecified atom stereocenters. The molecule has 0 amide bonds. The maximum absolute atomic E-state index is 9.21. The monoisotopic (exact) mass is 224 g/mol. The molecule has 2 fully saturated rings. The third kappa shape index (κ3) is 1.97. The van der Waals surface area contributed by atoms with Gasteiger partial charge in [-0.05, 0) is 51.1 Å². The van der Waals surface area contributed by atoms with Crippen molar-refractivity contribution in [1.82, 2.24) is 4.90 Å². The van der Waals surface area contributed by atoms with Crippen molar-refractivity contribution in [2.75, 3.05) is 13.1 Å². The van der Waals surface area contributed by atoms with Crippen molar-refractivity contribution in [3.05, 3.63) is 0 Å². The van der Waals surface area contributed by atoms with Crippen molar-refractivity contribution in [2.24, 2.45) is 17.0 Å². The van der Waals surface area contributed by atoms with Crippen LogP contribution in [-0.4, -0.2) is 35.0 Å². The minimum absolute atomic E-state index is 0.448. The fourth-order valence-electron chi connectivity index (χ4n) is 3.65. The number of fused-ring (bicyclic) bond motifs is 2. The van der Waals surface area contributed by atoms with E-state index >= 15 is 0 Å². The molecule has 2 rings (SSSR count). The molecule has 3 nitrogen and oxygen atoms in total. The van der Waals surface area contributed by atoms with Crippen LogP contribution in [0.4, 0.5) is 0 Å². The summed E-state index contributed by atoms with van der Waals surface area (Å²) in [7, 11) is 0. The van der Waals surface area contributed by atoms with Crippen molar-refractivity contribution in [3.8, 4) is 0 Å². The quantitative estimate of drug-likeness (QED) is 0.576. The summed E-state index contributed by atoms with van der Waals surface area (Å²) in [5.41, 5.74) is 1.08. The van der Waals surface area contributed by atoms with Crippen LogP contribution in [0.2, 0.25) is 0 Å². The van der Waals surface area contributed by atoms with Gasteiger partial charge < -0.3 is 5.21 Å². The highest BCUT2D eigenvalue weighted by Gasteiger charge is 2.47. The largest absolute Gasteiger partial charge is 0.411 e. The summed E-state index contributed by atoms with van der Waals surface area (Å²) in [4.78, 5) is 2.54. The van der Waals surface area contributed by atoms with Crippen molar-refractivity contribution < 1.29 is 5.21 Å². The minimum atomic E-state index is 0.448. The molecule has 0 spiro atoms. The first-order valence-corrected chi connectivity index (χ1v) is 6.77. The average Bonchev–Trinajstić information content (AvgIpc) is 2.88. The Balaban J connectivity index is 2.10. The second-order valence-corrected chi connectivity index (χ2v) is 5.28. The van der Waals surface area contributed by atoms with Crippen LogP contribution in [0.3, 0.4) is 0 Å². The highest BCUT2D eigenvalue weighted by molar-refractivity contribution is 5.94. The van der Waals surface area contributed by atoms with Gasteiger partial charge in [0.05, 0.1) is 11.8 Å². The molecule has 0 saturated heterocycles. The number of hydrogen-bond donors (Lipinski definition) is 1. The Hall–Kier alpha value is -0.570. The van der Waals surface area contributed by atoms with Gasteiger partial charge in [0, 0.05) is 5.92 Å². The number of hydrogen-bond acceptors (Lipinski definition) is 3. The highest BCUT2D eigenvalue weighted by Crippen LogP contribution is 2.45. The van der Waals surface area contributed by atoms with Crippen LogP contribution >= 0.6 is 0 Å². The molecule has 2 saturated carbocycles. The standard InChI is InChI=1S/C13H24N2O/c1-3-7-15(8-4-2)13-11-6-5-10(9-11)12(13)14-16/h10-11,13,16H,3-9H2,1-2H3. The summed E-state index contributed by atoms with van der Waals surface area (Å²) in [5.74, 6) is 1.34. The Bertz CT molecular complexity index is 259. The third-order valence-corrected chi connectivity index (χ3v) is 4.17. The Morgan fingerprint density at radius 3 is 2.50 bits per heavy atom. The van der Waals surface area contributed by atoms with Crippen LogP contribution in [0.25, 0.3) is 0 Å². The summed E-state index contributed by atoms with van der Waals surface area (Å²) in [6.07, 6.45) is 6.21. The van der Waals surface area contributed by atoms with E-state index in [4.69, 9.17) is 0 Å². The number of oxime groups is 1. The molecule has 2 aliphatic rings. The summed E-state index contributed by atoms with van der Waals surface area (Å²) < 4.78 is 0. The van der Waals surface area contributed by atoms with E-state index in [0.717, 1.165) is 24.7 Å². The zero-order valence-electron chi connectivity index (χ0n) is 10.5. The summed E-state index contributed by atoms with van der Waals surface area (Å²) in [5, 5.41) is 12.8. The average molecular weight is 224 g/mol. The van der Waals surface area contributed by atoms with Gasteiger partial charge in [0.15, 0.2) is 0 Å². The lowest BCUT2D eigenvalue weighted by Crippen LogP contribution is -2.45. The first-order valence-electron chi connectivity index (χ1n) is 6.77. The van der Waals surface area contributed by atoms with Crippen molar-refractivity contribution >= 4 is 5.71 Å². The lowest BCUT2D eigenvalue weighted by molar-refractivity contribution is 0.191. The lowest BCUT2D eigenvalue weighted by Gasteiger charge is -2.34. The molecule has 2 bridgehead atoms. The molecule has 0 aliphatic heterocycles. The highest BCUT2D eigenvalue weighted by atomic mass is 16.4. The maximum Gasteiger partial charge on any atom is 0.0775 e. The van der Waals surface area contributed by atoms with Crippen LogP contribution in [0.15, 0.2) is 5.16 Å². The van der Waals surface area contributed by atoms with Gasteiger partial charge in [0.25, 0.3) is 0 Å². The van der Waals surface area contributed by atoms with Gasteiger partial charge in [0.1, 0.15) is 0 Å². The normalized spacial score (nSPS) is 35.4. The number of nitrogens with zero attached hydrogens (tertiary/aromatic N) is 2. The van der Waals surface area contributed by atoms with E-state index in [1.165, 1.54) is 32.1 Å². The second-order valence-electron chi connectivity index (χ2n) is 5.28. The molecule has 1 N–H and O–H groups in total. The molecular weight excluding hydrogens is 200 g/mol. The summed E-state index contributed by atoms with van der Waals surface area (Å²) in [6, 6.07) is 0.448. The second kappa shape index (κ2) is 5.17. The number of rotatable bonds is 5. The van der Waals surface area contributed by atoms with E-state index in [0.29, 0.717) is 12.0 Å². The van der Waals surface area contributed by atoms with Gasteiger partial charge in [-0.3, -0.25) is 4.90 Å². The van der Waals surface area contributed by atoms with Gasteiger partial charge >= 0.3 is 0 Å². The predicted octanol–water partition coefficient (Wildman–Crippen LogP) is 2.74. The minimum Gasteiger partial charge on any atom is -0.411 e. The SMILES string of the molecule is CCCN(CCC)C1C(=NO)C2CCC1C2. The fourth-order valence-corrected chi connectivity index (χ4v) is 3.65. The Morgan fingerprint density at radius 1 is 1.25 bits per heavy atom. The molecule has 3 atom stereocenters. The lowest BCUT2D eigenvalue weighted by atomic mass is 9.91. The Morgan fingerprint density at radius 2 is 1.94 bits per heavy atom. The van der Waals surface area contributed by atoms with Gasteiger partial charge in [-0.15, -0.1) is 0 Å². The predicted molar refractivity (Wildman–Crippen MR) is 66.0 cm³/mol. The molecule has 16 heavy (non-hydrogen) atoms. The molecule has 0 radical (unpaired) electrons. The Labute approximate surface area is 98.5 Å². The fraction of sp³-hybridized carbons (Fsp3) is 0.923. The zero-order valence-corrected chi connectivity index (χ0v) is 10.5. The van der Waals surface area contributed by atoms with E-state index in [-0.39, 0.29) is 0 Å². The van der Waals surface area contributed by atoms with Crippen molar-refractivity contribution in [1.29, 1.82) is 0 Å². The van der Waals surface area contributed by atoms with E-state index in [2.05, 4.69) is 23.9 Å². The van der Waals surface area contributed by atoms with E-state index in [1.54, 1.807) is 0 Å². The molecule has 0 heterocycles. The molecule has 0 aromatic heterocycles. The first kappa shape index (κ1) is 11.9. The molecule has 2 aliphatic carbocycles.